The zero-order valence-electron chi connectivity index (χ0n) is 11.9. The van der Waals surface area contributed by atoms with Crippen LogP contribution in [0.1, 0.15) is 12.8 Å². The average molecular weight is 343 g/mol. The van der Waals surface area contributed by atoms with E-state index >= 15 is 0 Å². The van der Waals surface area contributed by atoms with Gasteiger partial charge in [0.2, 0.25) is 11.8 Å². The number of amides is 2. The fourth-order valence-corrected chi connectivity index (χ4v) is 3.13. The third-order valence-corrected chi connectivity index (χ3v) is 4.45. The Labute approximate surface area is 138 Å². The fourth-order valence-electron chi connectivity index (χ4n) is 2.61. The first-order valence-corrected chi connectivity index (χ1v) is 7.91. The largest absolute Gasteiger partial charge is 0.378 e. The van der Waals surface area contributed by atoms with Crippen molar-refractivity contribution in [2.45, 2.75) is 12.8 Å². The van der Waals surface area contributed by atoms with E-state index in [-0.39, 0.29) is 11.8 Å². The highest BCUT2D eigenvalue weighted by Gasteiger charge is 2.58. The maximum Gasteiger partial charge on any atom is 0.240 e. The summed E-state index contributed by atoms with van der Waals surface area (Å²) in [5.74, 6) is -0.399. The van der Waals surface area contributed by atoms with Crippen molar-refractivity contribution in [3.05, 3.63) is 28.2 Å². The van der Waals surface area contributed by atoms with Gasteiger partial charge in [-0.05, 0) is 31.0 Å². The monoisotopic (exact) mass is 342 g/mol. The molecule has 7 heteroatoms. The molecule has 0 radical (unpaired) electrons. The smallest absolute Gasteiger partial charge is 0.240 e. The Balaban J connectivity index is 1.72. The van der Waals surface area contributed by atoms with Crippen LogP contribution in [0, 0.1) is 5.41 Å². The molecular formula is C15H16Cl2N2O3. The number of ether oxygens (including phenoxy) is 1. The molecule has 1 saturated heterocycles. The van der Waals surface area contributed by atoms with E-state index in [0.29, 0.717) is 54.9 Å². The van der Waals surface area contributed by atoms with Crippen LogP contribution in [-0.2, 0) is 14.3 Å². The topological polar surface area (TPSA) is 58.6 Å². The molecule has 0 unspecified atom stereocenters. The quantitative estimate of drug-likeness (QED) is 0.859. The summed E-state index contributed by atoms with van der Waals surface area (Å²) in [6.45, 7) is 2.12. The van der Waals surface area contributed by atoms with Crippen LogP contribution in [0.4, 0.5) is 5.69 Å². The molecule has 1 aromatic rings. The molecule has 2 aliphatic rings. The zero-order chi connectivity index (χ0) is 15.7. The lowest BCUT2D eigenvalue weighted by Crippen LogP contribution is -2.47. The minimum atomic E-state index is -0.938. The maximum absolute atomic E-state index is 12.6. The first-order valence-electron chi connectivity index (χ1n) is 7.16. The van der Waals surface area contributed by atoms with Crippen molar-refractivity contribution in [3.63, 3.8) is 0 Å². The van der Waals surface area contributed by atoms with E-state index in [4.69, 9.17) is 27.9 Å². The van der Waals surface area contributed by atoms with Crippen molar-refractivity contribution in [2.24, 2.45) is 5.41 Å². The molecule has 118 valence electrons. The highest BCUT2D eigenvalue weighted by molar-refractivity contribution is 6.35. The van der Waals surface area contributed by atoms with Crippen LogP contribution in [0.5, 0.6) is 0 Å². The average Bonchev–Trinajstić information content (AvgIpc) is 3.28. The predicted octanol–water partition coefficient (Wildman–Crippen LogP) is 2.57. The van der Waals surface area contributed by atoms with Crippen LogP contribution in [0.25, 0.3) is 0 Å². The van der Waals surface area contributed by atoms with Crippen LogP contribution < -0.4 is 5.32 Å². The maximum atomic E-state index is 12.6. The number of hydrogen-bond donors (Lipinski definition) is 1. The van der Waals surface area contributed by atoms with Gasteiger partial charge in [0.05, 0.1) is 13.2 Å². The minimum Gasteiger partial charge on any atom is -0.378 e. The van der Waals surface area contributed by atoms with Gasteiger partial charge in [-0.2, -0.15) is 0 Å². The Morgan fingerprint density at radius 1 is 1.09 bits per heavy atom. The first kappa shape index (κ1) is 15.6. The second kappa shape index (κ2) is 6.07. The lowest BCUT2D eigenvalue weighted by Gasteiger charge is -2.30. The number of benzene rings is 1. The summed E-state index contributed by atoms with van der Waals surface area (Å²) in [5.41, 5.74) is -0.435. The lowest BCUT2D eigenvalue weighted by molar-refractivity contribution is -0.145. The number of hydrogen-bond acceptors (Lipinski definition) is 3. The number of nitrogens with one attached hydrogen (secondary N) is 1. The van der Waals surface area contributed by atoms with Crippen molar-refractivity contribution < 1.29 is 14.3 Å². The summed E-state index contributed by atoms with van der Waals surface area (Å²) in [7, 11) is 0. The van der Waals surface area contributed by atoms with Crippen LogP contribution >= 0.6 is 23.2 Å². The molecule has 22 heavy (non-hydrogen) atoms. The molecule has 0 atom stereocenters. The Bertz CT molecular complexity index is 591. The van der Waals surface area contributed by atoms with Gasteiger partial charge in [-0.1, -0.05) is 23.2 Å². The minimum absolute atomic E-state index is 0.110. The van der Waals surface area contributed by atoms with Crippen molar-refractivity contribution in [1.29, 1.82) is 0 Å². The predicted molar refractivity (Wildman–Crippen MR) is 84.2 cm³/mol. The van der Waals surface area contributed by atoms with Gasteiger partial charge in [0.25, 0.3) is 0 Å². The van der Waals surface area contributed by atoms with E-state index in [9.17, 15) is 9.59 Å². The van der Waals surface area contributed by atoms with Crippen molar-refractivity contribution in [1.82, 2.24) is 4.90 Å². The highest BCUT2D eigenvalue weighted by Crippen LogP contribution is 2.48. The highest BCUT2D eigenvalue weighted by atomic mass is 35.5. The molecule has 1 aromatic carbocycles. The Kier molecular flexibility index (Phi) is 4.30. The SMILES string of the molecule is O=C(Nc1cc(Cl)cc(Cl)c1)C1(C(=O)N2CCOCC2)CC1. The third kappa shape index (κ3) is 3.07. The van der Waals surface area contributed by atoms with Crippen LogP contribution in [0.15, 0.2) is 18.2 Å². The van der Waals surface area contributed by atoms with Crippen molar-refractivity contribution in [3.8, 4) is 0 Å². The fraction of sp³-hybridized carbons (Fsp3) is 0.467. The van der Waals surface area contributed by atoms with Gasteiger partial charge in [0, 0.05) is 28.8 Å². The van der Waals surface area contributed by atoms with Crippen molar-refractivity contribution >= 4 is 40.7 Å². The summed E-state index contributed by atoms with van der Waals surface area (Å²) in [4.78, 5) is 26.8. The number of rotatable bonds is 3. The van der Waals surface area contributed by atoms with Gasteiger partial charge in [0.1, 0.15) is 5.41 Å². The molecule has 2 amide bonds. The summed E-state index contributed by atoms with van der Waals surface area (Å²) < 4.78 is 5.24. The lowest BCUT2D eigenvalue weighted by atomic mass is 10.0. The molecule has 3 rings (SSSR count). The second-order valence-corrected chi connectivity index (χ2v) is 6.47. The molecule has 1 N–H and O–H groups in total. The number of carbonyl (C=O) groups is 2. The van der Waals surface area contributed by atoms with E-state index in [2.05, 4.69) is 5.32 Å². The first-order chi connectivity index (χ1) is 10.5. The summed E-state index contributed by atoms with van der Waals surface area (Å²) in [6.07, 6.45) is 1.15. The number of morpholine rings is 1. The molecule has 5 nitrogen and oxygen atoms in total. The number of anilines is 1. The Morgan fingerprint density at radius 3 is 2.23 bits per heavy atom. The summed E-state index contributed by atoms with van der Waals surface area (Å²) in [6, 6.07) is 4.81. The zero-order valence-corrected chi connectivity index (χ0v) is 13.4. The van der Waals surface area contributed by atoms with E-state index in [1.54, 1.807) is 23.1 Å². The molecule has 1 aliphatic heterocycles. The normalized spacial score (nSPS) is 19.6. The molecule has 1 aliphatic carbocycles. The van der Waals surface area contributed by atoms with E-state index in [0.717, 1.165) is 0 Å². The van der Waals surface area contributed by atoms with Gasteiger partial charge in [-0.25, -0.2) is 0 Å². The van der Waals surface area contributed by atoms with Crippen LogP contribution in [0.3, 0.4) is 0 Å². The Morgan fingerprint density at radius 2 is 1.68 bits per heavy atom. The molecular weight excluding hydrogens is 327 g/mol. The molecule has 2 fully saturated rings. The molecule has 0 bridgehead atoms. The number of nitrogens with zero attached hydrogens (tertiary/aromatic N) is 1. The molecule has 1 saturated carbocycles. The number of carbonyl (C=O) groups excluding carboxylic acids is 2. The molecule has 0 aromatic heterocycles. The van der Waals surface area contributed by atoms with E-state index in [1.807, 2.05) is 0 Å². The molecule has 0 spiro atoms. The number of halogens is 2. The standard InChI is InChI=1S/C15H16Cl2N2O3/c16-10-7-11(17)9-12(8-10)18-13(20)15(1-2-15)14(21)19-3-5-22-6-4-19/h7-9H,1-6H2,(H,18,20). The van der Waals surface area contributed by atoms with Gasteiger partial charge in [0.15, 0.2) is 0 Å². The second-order valence-electron chi connectivity index (χ2n) is 5.60. The van der Waals surface area contributed by atoms with Crippen LogP contribution in [-0.4, -0.2) is 43.0 Å². The van der Waals surface area contributed by atoms with Gasteiger partial charge in [-0.3, -0.25) is 9.59 Å². The summed E-state index contributed by atoms with van der Waals surface area (Å²) in [5, 5.41) is 3.63. The van der Waals surface area contributed by atoms with Crippen molar-refractivity contribution in [2.75, 3.05) is 31.6 Å². The van der Waals surface area contributed by atoms with Gasteiger partial charge in [-0.15, -0.1) is 0 Å². The Hall–Kier alpha value is -1.30. The third-order valence-electron chi connectivity index (χ3n) is 4.01. The summed E-state index contributed by atoms with van der Waals surface area (Å²) >= 11 is 11.8. The van der Waals surface area contributed by atoms with E-state index in [1.165, 1.54) is 0 Å². The van der Waals surface area contributed by atoms with Gasteiger partial charge < -0.3 is 15.0 Å². The molecule has 1 heterocycles. The van der Waals surface area contributed by atoms with E-state index < -0.39 is 5.41 Å². The van der Waals surface area contributed by atoms with Crippen LogP contribution in [0.2, 0.25) is 10.0 Å². The van der Waals surface area contributed by atoms with Gasteiger partial charge >= 0.3 is 0 Å².